The van der Waals surface area contributed by atoms with Crippen LogP contribution in [0.15, 0.2) is 217 Å². The number of benzene rings is 9. The quantitative estimate of drug-likeness (QED) is 0.161. The predicted octanol–water partition coefficient (Wildman–Crippen LogP) is 15.8. The highest BCUT2D eigenvalue weighted by atomic mass is 32.1. The summed E-state index contributed by atoms with van der Waals surface area (Å²) in [5, 5.41) is 4.63. The zero-order valence-electron chi connectivity index (χ0n) is 33.4. The number of thiophene rings is 1. The number of rotatable bonds is 7. The predicted molar refractivity (Wildman–Crippen MR) is 258 cm³/mol. The molecule has 0 saturated carbocycles. The lowest BCUT2D eigenvalue weighted by molar-refractivity contribution is 0.669. The third kappa shape index (κ3) is 6.18. The van der Waals surface area contributed by atoms with Gasteiger partial charge >= 0.3 is 0 Å². The van der Waals surface area contributed by atoms with Crippen molar-refractivity contribution in [1.29, 1.82) is 0 Å². The third-order valence-corrected chi connectivity index (χ3v) is 13.0. The Morgan fingerprint density at radius 2 is 0.823 bits per heavy atom. The van der Waals surface area contributed by atoms with Crippen LogP contribution in [0.3, 0.4) is 0 Å². The molecule has 0 radical (unpaired) electrons. The minimum atomic E-state index is 0.597. The van der Waals surface area contributed by atoms with Gasteiger partial charge in [0.1, 0.15) is 11.2 Å². The van der Waals surface area contributed by atoms with Gasteiger partial charge in [-0.25, -0.2) is 15.0 Å². The van der Waals surface area contributed by atoms with Crippen molar-refractivity contribution in [3.8, 4) is 78.7 Å². The first-order chi connectivity index (χ1) is 30.7. The Morgan fingerprint density at radius 3 is 1.53 bits per heavy atom. The van der Waals surface area contributed by atoms with Gasteiger partial charge in [0.05, 0.1) is 0 Å². The highest BCUT2D eigenvalue weighted by Gasteiger charge is 2.23. The van der Waals surface area contributed by atoms with E-state index in [1.54, 1.807) is 11.3 Å². The minimum absolute atomic E-state index is 0.597. The van der Waals surface area contributed by atoms with Crippen molar-refractivity contribution in [1.82, 2.24) is 15.0 Å². The lowest BCUT2D eigenvalue weighted by atomic mass is 9.85. The summed E-state index contributed by atoms with van der Waals surface area (Å²) >= 11 is 1.78. The Labute approximate surface area is 362 Å². The smallest absolute Gasteiger partial charge is 0.165 e. The summed E-state index contributed by atoms with van der Waals surface area (Å²) in [5.74, 6) is 1.84. The van der Waals surface area contributed by atoms with Crippen molar-refractivity contribution < 1.29 is 4.42 Å². The lowest BCUT2D eigenvalue weighted by Crippen LogP contribution is -2.02. The molecule has 0 amide bonds. The molecule has 4 nitrogen and oxygen atoms in total. The van der Waals surface area contributed by atoms with Crippen molar-refractivity contribution in [2.45, 2.75) is 0 Å². The summed E-state index contributed by atoms with van der Waals surface area (Å²) in [6, 6.07) is 74.5. The lowest BCUT2D eigenvalue weighted by Gasteiger charge is -2.19. The van der Waals surface area contributed by atoms with Gasteiger partial charge in [0, 0.05) is 47.6 Å². The molecule has 9 aromatic carbocycles. The van der Waals surface area contributed by atoms with Crippen molar-refractivity contribution in [3.05, 3.63) is 212 Å². The van der Waals surface area contributed by atoms with E-state index in [4.69, 9.17) is 19.4 Å². The molecular formula is C57H35N3OS. The van der Waals surface area contributed by atoms with E-state index < -0.39 is 0 Å². The Morgan fingerprint density at radius 1 is 0.306 bits per heavy atom. The van der Waals surface area contributed by atoms with Crippen molar-refractivity contribution in [3.63, 3.8) is 0 Å². The van der Waals surface area contributed by atoms with Crippen LogP contribution in [0.1, 0.15) is 0 Å². The molecular weight excluding hydrogens is 775 g/mol. The molecule has 62 heavy (non-hydrogen) atoms. The van der Waals surface area contributed by atoms with Crippen LogP contribution in [0.4, 0.5) is 0 Å². The fraction of sp³-hybridized carbons (Fsp3) is 0. The van der Waals surface area contributed by atoms with Crippen molar-refractivity contribution >= 4 is 53.4 Å². The topological polar surface area (TPSA) is 51.8 Å². The summed E-state index contributed by atoms with van der Waals surface area (Å²) in [6.45, 7) is 0. The van der Waals surface area contributed by atoms with Crippen LogP contribution in [-0.2, 0) is 0 Å². The van der Waals surface area contributed by atoms with Crippen LogP contribution in [0.2, 0.25) is 0 Å². The van der Waals surface area contributed by atoms with Gasteiger partial charge in [-0.3, -0.25) is 0 Å². The van der Waals surface area contributed by atoms with Gasteiger partial charge < -0.3 is 4.42 Å². The van der Waals surface area contributed by atoms with E-state index in [0.29, 0.717) is 17.5 Å². The van der Waals surface area contributed by atoms with Gasteiger partial charge in [0.2, 0.25) is 0 Å². The van der Waals surface area contributed by atoms with Crippen LogP contribution < -0.4 is 0 Å². The molecule has 0 aliphatic carbocycles. The van der Waals surface area contributed by atoms with Gasteiger partial charge in [-0.05, 0) is 87.0 Å². The SMILES string of the molecule is c1ccc(-c2ccccc2-c2nc(-c3cc(-c4ccccc4)c(-c4ccc5c(c4)oc4ccccc45)c(-c4ccccc4)c3)nc(-c3cccc4c3sc3ccccc34)n2)cc1. The summed E-state index contributed by atoms with van der Waals surface area (Å²) in [6.07, 6.45) is 0. The molecule has 0 spiro atoms. The monoisotopic (exact) mass is 809 g/mol. The summed E-state index contributed by atoms with van der Waals surface area (Å²) in [7, 11) is 0. The molecule has 0 aliphatic heterocycles. The number of para-hydroxylation sites is 1. The van der Waals surface area contributed by atoms with E-state index >= 15 is 0 Å². The fourth-order valence-electron chi connectivity index (χ4n) is 8.87. The molecule has 0 bridgehead atoms. The number of fused-ring (bicyclic) bond motifs is 6. The number of hydrogen-bond donors (Lipinski definition) is 0. The molecule has 12 aromatic rings. The average molecular weight is 810 g/mol. The summed E-state index contributed by atoms with van der Waals surface area (Å²) in [5.41, 5.74) is 13.2. The molecule has 0 fully saturated rings. The maximum absolute atomic E-state index is 6.47. The second-order valence-electron chi connectivity index (χ2n) is 15.5. The minimum Gasteiger partial charge on any atom is -0.456 e. The van der Waals surface area contributed by atoms with Crippen LogP contribution in [0.25, 0.3) is 121 Å². The summed E-state index contributed by atoms with van der Waals surface area (Å²) < 4.78 is 8.86. The van der Waals surface area contributed by atoms with Crippen molar-refractivity contribution in [2.24, 2.45) is 0 Å². The highest BCUT2D eigenvalue weighted by molar-refractivity contribution is 7.26. The van der Waals surface area contributed by atoms with E-state index in [1.807, 2.05) is 18.2 Å². The first-order valence-corrected chi connectivity index (χ1v) is 21.6. The van der Waals surface area contributed by atoms with E-state index in [0.717, 1.165) is 87.8 Å². The van der Waals surface area contributed by atoms with E-state index in [9.17, 15) is 0 Å². The highest BCUT2D eigenvalue weighted by Crippen LogP contribution is 2.46. The molecule has 0 atom stereocenters. The first-order valence-electron chi connectivity index (χ1n) is 20.8. The number of aromatic nitrogens is 3. The normalized spacial score (nSPS) is 11.5. The fourth-order valence-corrected chi connectivity index (χ4v) is 10.1. The Bertz CT molecular complexity index is 3570. The maximum atomic E-state index is 6.47. The second-order valence-corrected chi connectivity index (χ2v) is 16.5. The van der Waals surface area contributed by atoms with Crippen molar-refractivity contribution in [2.75, 3.05) is 0 Å². The molecule has 3 heterocycles. The number of nitrogens with zero attached hydrogens (tertiary/aromatic N) is 3. The third-order valence-electron chi connectivity index (χ3n) is 11.8. The molecule has 0 N–H and O–H groups in total. The van der Waals surface area contributed by atoms with Crippen LogP contribution in [0, 0.1) is 0 Å². The molecule has 0 saturated heterocycles. The Hall–Kier alpha value is -7.99. The van der Waals surface area contributed by atoms with Crippen LogP contribution in [0.5, 0.6) is 0 Å². The standard InChI is InChI=1S/C57H35N3OS/c1-4-17-36(18-5-1)41-23-10-11-26-46(41)56-58-55(59-57(60-56)47-28-16-27-45-44-25-13-15-30-52(44)62-54(45)47)40-33-48(37-19-6-2-7-20-37)53(49(34-40)38-21-8-3-9-22-38)39-31-32-43-42-24-12-14-29-50(42)61-51(43)35-39/h1-35H. The van der Waals surface area contributed by atoms with Crippen LogP contribution in [-0.4, -0.2) is 15.0 Å². The maximum Gasteiger partial charge on any atom is 0.165 e. The molecule has 0 aliphatic rings. The van der Waals surface area contributed by atoms with E-state index in [-0.39, 0.29) is 0 Å². The largest absolute Gasteiger partial charge is 0.456 e. The molecule has 12 rings (SSSR count). The zero-order chi connectivity index (χ0) is 41.0. The number of hydrogen-bond acceptors (Lipinski definition) is 5. The Kier molecular flexibility index (Phi) is 8.65. The van der Waals surface area contributed by atoms with Gasteiger partial charge in [0.25, 0.3) is 0 Å². The second kappa shape index (κ2) is 14.9. The molecule has 290 valence electrons. The van der Waals surface area contributed by atoms with Gasteiger partial charge in [-0.15, -0.1) is 11.3 Å². The Balaban J connectivity index is 1.15. The average Bonchev–Trinajstić information content (AvgIpc) is 3.92. The number of furan rings is 1. The van der Waals surface area contributed by atoms with Gasteiger partial charge in [0.15, 0.2) is 17.5 Å². The summed E-state index contributed by atoms with van der Waals surface area (Å²) in [4.78, 5) is 16.2. The van der Waals surface area contributed by atoms with Gasteiger partial charge in [-0.1, -0.05) is 170 Å². The van der Waals surface area contributed by atoms with E-state index in [1.165, 1.54) is 15.5 Å². The van der Waals surface area contributed by atoms with Gasteiger partial charge in [-0.2, -0.15) is 0 Å². The molecule has 0 unspecified atom stereocenters. The van der Waals surface area contributed by atoms with E-state index in [2.05, 4.69) is 194 Å². The molecule has 5 heteroatoms. The molecule has 3 aromatic heterocycles. The zero-order valence-corrected chi connectivity index (χ0v) is 34.2. The van der Waals surface area contributed by atoms with Crippen LogP contribution >= 0.6 is 11.3 Å². The first kappa shape index (κ1) is 35.9.